The Morgan fingerprint density at radius 3 is 2.38 bits per heavy atom. The molecule has 0 aromatic carbocycles. The Hall–Kier alpha value is -1.06. The van der Waals surface area contributed by atoms with E-state index in [0.717, 1.165) is 12.8 Å². The maximum Gasteiger partial charge on any atom is 0.306 e. The van der Waals surface area contributed by atoms with Gasteiger partial charge in [0.25, 0.3) is 0 Å². The predicted octanol–water partition coefficient (Wildman–Crippen LogP) is 1.74. The van der Waals surface area contributed by atoms with Gasteiger partial charge in [-0.3, -0.25) is 9.59 Å². The Morgan fingerprint density at radius 2 is 1.94 bits per heavy atom. The lowest BCUT2D eigenvalue weighted by Gasteiger charge is -2.26. The maximum atomic E-state index is 12.0. The molecule has 1 saturated carbocycles. The second-order valence-electron chi connectivity index (χ2n) is 4.75. The number of hydrogen-bond acceptors (Lipinski definition) is 2. The number of hydrogen-bond donors (Lipinski definition) is 1. The molecule has 1 fully saturated rings. The van der Waals surface area contributed by atoms with Crippen LogP contribution in [-0.2, 0) is 9.59 Å². The highest BCUT2D eigenvalue weighted by Crippen LogP contribution is 2.32. The van der Waals surface area contributed by atoms with Crippen molar-refractivity contribution in [2.24, 2.45) is 11.8 Å². The van der Waals surface area contributed by atoms with Gasteiger partial charge in [0.1, 0.15) is 0 Å². The van der Waals surface area contributed by atoms with E-state index < -0.39 is 5.97 Å². The monoisotopic (exact) mass is 227 g/mol. The topological polar surface area (TPSA) is 57.6 Å². The summed E-state index contributed by atoms with van der Waals surface area (Å²) in [6, 6.07) is 0.233. The van der Waals surface area contributed by atoms with Crippen LogP contribution in [0.15, 0.2) is 0 Å². The first-order valence-electron chi connectivity index (χ1n) is 5.96. The van der Waals surface area contributed by atoms with Crippen molar-refractivity contribution in [3.63, 3.8) is 0 Å². The van der Waals surface area contributed by atoms with Crippen LogP contribution in [0.1, 0.15) is 39.5 Å². The normalized spacial score (nSPS) is 26.4. The second-order valence-corrected chi connectivity index (χ2v) is 4.75. The number of aliphatic carboxylic acids is 1. The van der Waals surface area contributed by atoms with E-state index in [9.17, 15) is 9.59 Å². The molecule has 0 heterocycles. The van der Waals surface area contributed by atoms with E-state index in [-0.39, 0.29) is 23.8 Å². The van der Waals surface area contributed by atoms with Crippen molar-refractivity contribution in [3.05, 3.63) is 0 Å². The fourth-order valence-corrected chi connectivity index (χ4v) is 2.21. The lowest BCUT2D eigenvalue weighted by atomic mass is 10.0. The van der Waals surface area contributed by atoms with Gasteiger partial charge >= 0.3 is 5.97 Å². The lowest BCUT2D eigenvalue weighted by Crippen LogP contribution is -2.38. The Bertz CT molecular complexity index is 277. The number of carboxylic acid groups (broad SMARTS) is 1. The van der Waals surface area contributed by atoms with E-state index in [1.807, 2.05) is 20.9 Å². The molecule has 0 bridgehead atoms. The standard InChI is InChI=1S/C12H21NO3/c1-4-8(2)13(3)11(14)9-5-6-10(7-9)12(15)16/h8-10H,4-7H2,1-3H3,(H,15,16)/t8?,9-,10+/m1/s1. The van der Waals surface area contributed by atoms with Crippen molar-refractivity contribution in [2.45, 2.75) is 45.6 Å². The molecule has 0 spiro atoms. The number of nitrogens with zero attached hydrogens (tertiary/aromatic N) is 1. The van der Waals surface area contributed by atoms with Gasteiger partial charge in [0.15, 0.2) is 0 Å². The number of rotatable bonds is 4. The molecule has 1 unspecified atom stereocenters. The molecular formula is C12H21NO3. The molecule has 3 atom stereocenters. The van der Waals surface area contributed by atoms with Gasteiger partial charge in [-0.15, -0.1) is 0 Å². The third-order valence-corrected chi connectivity index (χ3v) is 3.73. The van der Waals surface area contributed by atoms with Crippen LogP contribution in [-0.4, -0.2) is 35.0 Å². The summed E-state index contributed by atoms with van der Waals surface area (Å²) < 4.78 is 0. The third-order valence-electron chi connectivity index (χ3n) is 3.73. The number of carboxylic acids is 1. The van der Waals surface area contributed by atoms with E-state index in [1.165, 1.54) is 0 Å². The van der Waals surface area contributed by atoms with Crippen molar-refractivity contribution < 1.29 is 14.7 Å². The van der Waals surface area contributed by atoms with Crippen LogP contribution in [0, 0.1) is 11.8 Å². The molecule has 1 aliphatic rings. The SMILES string of the molecule is CCC(C)N(C)C(=O)[C@@H]1CC[C@H](C(=O)O)C1. The summed E-state index contributed by atoms with van der Waals surface area (Å²) in [6.45, 7) is 4.06. The van der Waals surface area contributed by atoms with Gasteiger partial charge < -0.3 is 10.0 Å². The zero-order valence-electron chi connectivity index (χ0n) is 10.3. The first-order chi connectivity index (χ1) is 7.47. The summed E-state index contributed by atoms with van der Waals surface area (Å²) in [5.41, 5.74) is 0. The molecule has 16 heavy (non-hydrogen) atoms. The summed E-state index contributed by atoms with van der Waals surface area (Å²) in [5, 5.41) is 8.88. The number of carbonyl (C=O) groups is 2. The van der Waals surface area contributed by atoms with Gasteiger partial charge in [-0.05, 0) is 32.6 Å². The van der Waals surface area contributed by atoms with E-state index in [4.69, 9.17) is 5.11 Å². The highest BCUT2D eigenvalue weighted by atomic mass is 16.4. The lowest BCUT2D eigenvalue weighted by molar-refractivity contribution is -0.141. The summed E-state index contributed by atoms with van der Waals surface area (Å²) in [5.74, 6) is -1.06. The van der Waals surface area contributed by atoms with Crippen LogP contribution in [0.25, 0.3) is 0 Å². The third kappa shape index (κ3) is 2.74. The van der Waals surface area contributed by atoms with Crippen LogP contribution < -0.4 is 0 Å². The quantitative estimate of drug-likeness (QED) is 0.796. The molecule has 0 aliphatic heterocycles. The van der Waals surface area contributed by atoms with Crippen molar-refractivity contribution in [1.29, 1.82) is 0 Å². The number of amides is 1. The van der Waals surface area contributed by atoms with Gasteiger partial charge in [-0.2, -0.15) is 0 Å². The largest absolute Gasteiger partial charge is 0.481 e. The zero-order valence-corrected chi connectivity index (χ0v) is 10.3. The molecule has 0 aromatic heterocycles. The van der Waals surface area contributed by atoms with Crippen molar-refractivity contribution in [2.75, 3.05) is 7.05 Å². The van der Waals surface area contributed by atoms with Crippen molar-refractivity contribution in [3.8, 4) is 0 Å². The van der Waals surface area contributed by atoms with Crippen LogP contribution in [0.5, 0.6) is 0 Å². The molecule has 1 N–H and O–H groups in total. The molecule has 4 nitrogen and oxygen atoms in total. The van der Waals surface area contributed by atoms with Gasteiger partial charge in [-0.1, -0.05) is 6.92 Å². The van der Waals surface area contributed by atoms with Crippen molar-refractivity contribution in [1.82, 2.24) is 4.90 Å². The molecule has 1 amide bonds. The minimum atomic E-state index is -0.763. The molecule has 1 rings (SSSR count). The van der Waals surface area contributed by atoms with Gasteiger partial charge in [-0.25, -0.2) is 0 Å². The van der Waals surface area contributed by atoms with Gasteiger partial charge in [0, 0.05) is 19.0 Å². The second kappa shape index (κ2) is 5.32. The molecule has 0 aromatic rings. The summed E-state index contributed by atoms with van der Waals surface area (Å²) in [4.78, 5) is 24.6. The summed E-state index contributed by atoms with van der Waals surface area (Å²) in [6.07, 6.45) is 2.79. The molecular weight excluding hydrogens is 206 g/mol. The van der Waals surface area contributed by atoms with E-state index in [1.54, 1.807) is 4.90 Å². The number of carbonyl (C=O) groups excluding carboxylic acids is 1. The van der Waals surface area contributed by atoms with Gasteiger partial charge in [0.05, 0.1) is 5.92 Å². The van der Waals surface area contributed by atoms with Crippen LogP contribution in [0.2, 0.25) is 0 Å². The fraction of sp³-hybridized carbons (Fsp3) is 0.833. The van der Waals surface area contributed by atoms with Crippen molar-refractivity contribution >= 4 is 11.9 Å². The average molecular weight is 227 g/mol. The van der Waals surface area contributed by atoms with Gasteiger partial charge in [0.2, 0.25) is 5.91 Å². The summed E-state index contributed by atoms with van der Waals surface area (Å²) in [7, 11) is 1.81. The van der Waals surface area contributed by atoms with Crippen LogP contribution in [0.3, 0.4) is 0 Å². The highest BCUT2D eigenvalue weighted by molar-refractivity contribution is 5.81. The van der Waals surface area contributed by atoms with E-state index in [0.29, 0.717) is 12.8 Å². The maximum absolute atomic E-state index is 12.0. The van der Waals surface area contributed by atoms with E-state index >= 15 is 0 Å². The smallest absolute Gasteiger partial charge is 0.306 e. The zero-order chi connectivity index (χ0) is 12.3. The average Bonchev–Trinajstić information content (AvgIpc) is 2.75. The Morgan fingerprint density at radius 1 is 1.38 bits per heavy atom. The van der Waals surface area contributed by atoms with Crippen LogP contribution >= 0.6 is 0 Å². The Kier molecular flexibility index (Phi) is 4.33. The van der Waals surface area contributed by atoms with E-state index in [2.05, 4.69) is 0 Å². The molecule has 4 heteroatoms. The molecule has 0 radical (unpaired) electrons. The molecule has 1 aliphatic carbocycles. The molecule has 0 saturated heterocycles. The first kappa shape index (κ1) is 13.0. The Balaban J connectivity index is 2.54. The Labute approximate surface area is 96.6 Å². The highest BCUT2D eigenvalue weighted by Gasteiger charge is 2.35. The molecule has 92 valence electrons. The minimum absolute atomic E-state index is 0.0832. The fourth-order valence-electron chi connectivity index (χ4n) is 2.21. The first-order valence-corrected chi connectivity index (χ1v) is 5.96. The predicted molar refractivity (Wildman–Crippen MR) is 61.0 cm³/mol. The summed E-state index contributed by atoms with van der Waals surface area (Å²) >= 11 is 0. The minimum Gasteiger partial charge on any atom is -0.481 e. The van der Waals surface area contributed by atoms with Crippen LogP contribution in [0.4, 0.5) is 0 Å².